The van der Waals surface area contributed by atoms with E-state index < -0.39 is 12.7 Å². The molecule has 0 radical (unpaired) electrons. The Morgan fingerprint density at radius 2 is 1.93 bits per heavy atom. The highest BCUT2D eigenvalue weighted by Crippen LogP contribution is 2.25. The topological polar surface area (TPSA) is 72.8 Å². The number of nitrogens with zero attached hydrogens (tertiary/aromatic N) is 3. The van der Waals surface area contributed by atoms with Crippen LogP contribution >= 0.6 is 11.8 Å². The molecular weight excluding hydrogens is 405 g/mol. The Kier molecular flexibility index (Phi) is 6.02. The van der Waals surface area contributed by atoms with Gasteiger partial charge in [-0.05, 0) is 44.2 Å². The number of H-pyrrole nitrogens is 1. The molecule has 1 N–H and O–H groups in total. The van der Waals surface area contributed by atoms with Gasteiger partial charge in [0.05, 0.1) is 12.9 Å². The zero-order chi connectivity index (χ0) is 21.2. The highest BCUT2D eigenvalue weighted by atomic mass is 32.2. The van der Waals surface area contributed by atoms with Gasteiger partial charge in [0.2, 0.25) is 5.16 Å². The Morgan fingerprint density at radius 1 is 1.24 bits per heavy atom. The molecule has 0 atom stereocenters. The molecule has 0 aliphatic heterocycles. The van der Waals surface area contributed by atoms with E-state index >= 15 is 0 Å². The lowest BCUT2D eigenvalue weighted by molar-refractivity contribution is -0.141. The van der Waals surface area contributed by atoms with Crippen molar-refractivity contribution >= 4 is 17.5 Å². The van der Waals surface area contributed by atoms with Gasteiger partial charge in [-0.2, -0.15) is 13.2 Å². The number of alkyl halides is 3. The number of benzene rings is 1. The number of methoxy groups -OCH3 is 1. The van der Waals surface area contributed by atoms with Gasteiger partial charge in [0.25, 0.3) is 0 Å². The number of hydrogen-bond donors (Lipinski definition) is 1. The van der Waals surface area contributed by atoms with Gasteiger partial charge in [-0.15, -0.1) is 5.10 Å². The predicted octanol–water partition coefficient (Wildman–Crippen LogP) is 4.44. The minimum Gasteiger partial charge on any atom is -0.497 e. The monoisotopic (exact) mass is 424 g/mol. The van der Waals surface area contributed by atoms with Gasteiger partial charge in [-0.1, -0.05) is 11.8 Å². The third kappa shape index (κ3) is 5.00. The first-order chi connectivity index (χ1) is 13.7. The lowest BCUT2D eigenvalue weighted by Crippen LogP contribution is -2.19. The fourth-order valence-electron chi connectivity index (χ4n) is 2.90. The molecule has 0 saturated heterocycles. The van der Waals surface area contributed by atoms with E-state index in [0.717, 1.165) is 27.6 Å². The SMILES string of the molecule is COc1ccc(-c2nc(SCC(=O)c3cc(C)n(CC(F)(F)F)c3C)n[nH]2)cc1. The number of aromatic nitrogens is 4. The Hall–Kier alpha value is -2.75. The van der Waals surface area contributed by atoms with Gasteiger partial charge < -0.3 is 9.30 Å². The summed E-state index contributed by atoms with van der Waals surface area (Å²) in [5, 5.41) is 7.28. The molecule has 0 saturated carbocycles. The lowest BCUT2D eigenvalue weighted by Gasteiger charge is -2.12. The normalized spacial score (nSPS) is 11.7. The number of ketones is 1. The molecule has 0 spiro atoms. The number of carbonyl (C=O) groups is 1. The number of aryl methyl sites for hydroxylation is 1. The van der Waals surface area contributed by atoms with E-state index in [1.165, 1.54) is 13.0 Å². The van der Waals surface area contributed by atoms with Crippen LogP contribution in [0.1, 0.15) is 21.7 Å². The summed E-state index contributed by atoms with van der Waals surface area (Å²) in [5.74, 6) is 1.02. The summed E-state index contributed by atoms with van der Waals surface area (Å²) in [4.78, 5) is 16.9. The van der Waals surface area contributed by atoms with E-state index in [1.807, 2.05) is 12.1 Å². The van der Waals surface area contributed by atoms with Crippen LogP contribution in [0.4, 0.5) is 13.2 Å². The smallest absolute Gasteiger partial charge is 0.406 e. The third-order valence-electron chi connectivity index (χ3n) is 4.37. The number of Topliss-reactive ketones (excluding diaryl/α,β-unsaturated/α-hetero) is 1. The first-order valence-electron chi connectivity index (χ1n) is 8.64. The Morgan fingerprint density at radius 3 is 2.55 bits per heavy atom. The summed E-state index contributed by atoms with van der Waals surface area (Å²) < 4.78 is 44.4. The van der Waals surface area contributed by atoms with Crippen molar-refractivity contribution in [3.63, 3.8) is 0 Å². The fraction of sp³-hybridized carbons (Fsp3) is 0.316. The number of halogens is 3. The molecule has 0 unspecified atom stereocenters. The number of carbonyl (C=O) groups excluding carboxylic acids is 1. The second-order valence-corrected chi connectivity index (χ2v) is 7.34. The maximum Gasteiger partial charge on any atom is 0.406 e. The molecule has 2 aromatic heterocycles. The maximum absolute atomic E-state index is 12.7. The van der Waals surface area contributed by atoms with Gasteiger partial charge in [0.15, 0.2) is 11.6 Å². The van der Waals surface area contributed by atoms with Gasteiger partial charge in [0, 0.05) is 22.5 Å². The third-order valence-corrected chi connectivity index (χ3v) is 5.22. The highest BCUT2D eigenvalue weighted by Gasteiger charge is 2.30. The highest BCUT2D eigenvalue weighted by molar-refractivity contribution is 7.99. The molecule has 0 aliphatic carbocycles. The van der Waals surface area contributed by atoms with Crippen LogP contribution in [0.3, 0.4) is 0 Å². The molecule has 10 heteroatoms. The number of nitrogens with one attached hydrogen (secondary N) is 1. The summed E-state index contributed by atoms with van der Waals surface area (Å²) >= 11 is 1.12. The molecule has 3 rings (SSSR count). The van der Waals surface area contributed by atoms with Gasteiger partial charge in [-0.25, -0.2) is 4.98 Å². The van der Waals surface area contributed by atoms with Crippen molar-refractivity contribution in [1.29, 1.82) is 0 Å². The largest absolute Gasteiger partial charge is 0.497 e. The van der Waals surface area contributed by atoms with Crippen molar-refractivity contribution in [1.82, 2.24) is 19.7 Å². The quantitative estimate of drug-likeness (QED) is 0.449. The fourth-order valence-corrected chi connectivity index (χ4v) is 3.58. The predicted molar refractivity (Wildman–Crippen MR) is 103 cm³/mol. The summed E-state index contributed by atoms with van der Waals surface area (Å²) in [7, 11) is 1.58. The summed E-state index contributed by atoms with van der Waals surface area (Å²) in [5.41, 5.74) is 1.80. The van der Waals surface area contributed by atoms with Crippen LogP contribution in [0.25, 0.3) is 11.4 Å². The minimum absolute atomic E-state index is 0.0240. The Bertz CT molecular complexity index is 1010. The standard InChI is InChI=1S/C19H19F3N4O2S/c1-11-8-15(12(2)26(11)10-19(20,21)22)16(27)9-29-18-23-17(24-25-18)13-4-6-14(28-3)7-5-13/h4-8H,9-10H2,1-3H3,(H,23,24,25). The van der Waals surface area contributed by atoms with Gasteiger partial charge in [0.1, 0.15) is 12.3 Å². The molecular formula is C19H19F3N4O2S. The first-order valence-corrected chi connectivity index (χ1v) is 9.63. The average molecular weight is 424 g/mol. The van der Waals surface area contributed by atoms with Crippen LogP contribution in [0.15, 0.2) is 35.5 Å². The summed E-state index contributed by atoms with van der Waals surface area (Å²) in [6.07, 6.45) is -4.35. The van der Waals surface area contributed by atoms with Crippen LogP contribution in [0.2, 0.25) is 0 Å². The van der Waals surface area contributed by atoms with Crippen LogP contribution in [0.5, 0.6) is 5.75 Å². The van der Waals surface area contributed by atoms with Crippen molar-refractivity contribution < 1.29 is 22.7 Å². The van der Waals surface area contributed by atoms with Crippen molar-refractivity contribution in [2.24, 2.45) is 0 Å². The summed E-state index contributed by atoms with van der Waals surface area (Å²) in [6, 6.07) is 8.74. The number of rotatable bonds is 7. The van der Waals surface area contributed by atoms with Gasteiger partial charge in [-0.3, -0.25) is 9.89 Å². The van der Waals surface area contributed by atoms with Crippen LogP contribution in [-0.2, 0) is 6.54 Å². The molecule has 0 aliphatic rings. The molecule has 2 heterocycles. The zero-order valence-corrected chi connectivity index (χ0v) is 16.8. The molecule has 6 nitrogen and oxygen atoms in total. The second-order valence-electron chi connectivity index (χ2n) is 6.39. The minimum atomic E-state index is -4.35. The Labute approximate surface area is 169 Å². The molecule has 1 aromatic carbocycles. The van der Waals surface area contributed by atoms with Crippen molar-refractivity contribution in [2.75, 3.05) is 12.9 Å². The van der Waals surface area contributed by atoms with Crippen LogP contribution in [-0.4, -0.2) is 44.6 Å². The van der Waals surface area contributed by atoms with Crippen molar-refractivity contribution in [2.45, 2.75) is 31.7 Å². The molecule has 154 valence electrons. The first kappa shape index (κ1) is 21.0. The molecule has 0 fully saturated rings. The van der Waals surface area contributed by atoms with E-state index in [1.54, 1.807) is 26.2 Å². The number of aromatic amines is 1. The van der Waals surface area contributed by atoms with E-state index in [4.69, 9.17) is 4.74 Å². The van der Waals surface area contributed by atoms with E-state index in [0.29, 0.717) is 22.4 Å². The number of thioether (sulfide) groups is 1. The second kappa shape index (κ2) is 8.32. The van der Waals surface area contributed by atoms with Gasteiger partial charge >= 0.3 is 6.18 Å². The molecule has 29 heavy (non-hydrogen) atoms. The Balaban J connectivity index is 1.67. The molecule has 0 bridgehead atoms. The van der Waals surface area contributed by atoms with Crippen molar-refractivity contribution in [3.05, 3.63) is 47.3 Å². The maximum atomic E-state index is 12.7. The van der Waals surface area contributed by atoms with E-state index in [2.05, 4.69) is 15.2 Å². The van der Waals surface area contributed by atoms with Crippen LogP contribution < -0.4 is 4.74 Å². The van der Waals surface area contributed by atoms with E-state index in [9.17, 15) is 18.0 Å². The lowest BCUT2D eigenvalue weighted by atomic mass is 10.2. The zero-order valence-electron chi connectivity index (χ0n) is 16.0. The summed E-state index contributed by atoms with van der Waals surface area (Å²) in [6.45, 7) is 1.96. The van der Waals surface area contributed by atoms with Crippen LogP contribution in [0, 0.1) is 13.8 Å². The number of hydrogen-bond acceptors (Lipinski definition) is 5. The van der Waals surface area contributed by atoms with Crippen molar-refractivity contribution in [3.8, 4) is 17.1 Å². The molecule has 3 aromatic rings. The van der Waals surface area contributed by atoms with E-state index in [-0.39, 0.29) is 17.1 Å². The number of ether oxygens (including phenoxy) is 1. The average Bonchev–Trinajstić information content (AvgIpc) is 3.25. The molecule has 0 amide bonds.